The van der Waals surface area contributed by atoms with E-state index in [9.17, 15) is 4.79 Å². The summed E-state index contributed by atoms with van der Waals surface area (Å²) < 4.78 is 0. The molecule has 1 fully saturated rings. The number of hydroxylamine groups is 1. The second-order valence-corrected chi connectivity index (χ2v) is 6.82. The highest BCUT2D eigenvalue weighted by molar-refractivity contribution is 5.93. The topological polar surface area (TPSA) is 61.4 Å². The van der Waals surface area contributed by atoms with Crippen LogP contribution in [0.25, 0.3) is 0 Å². The molecule has 22 heavy (non-hydrogen) atoms. The number of piperidine rings is 1. The Morgan fingerprint density at radius 2 is 2.09 bits per heavy atom. The first-order valence-corrected chi connectivity index (χ1v) is 8.53. The predicted octanol–water partition coefficient (Wildman–Crippen LogP) is 2.69. The van der Waals surface area contributed by atoms with Gasteiger partial charge in [-0.25, -0.2) is 5.48 Å². The standard InChI is InChI=1S/C18H26N2O2/c21-18(20-22)17-8-7-15-10-13(5-6-16(15)11-17)3-4-14-2-1-9-19-12-14/h7-8,11,13-14,19,22H,1-6,9-10,12H2,(H,20,21). The lowest BCUT2D eigenvalue weighted by molar-refractivity contribution is 0.0706. The van der Waals surface area contributed by atoms with E-state index in [-0.39, 0.29) is 0 Å². The van der Waals surface area contributed by atoms with Crippen molar-refractivity contribution in [3.05, 3.63) is 34.9 Å². The van der Waals surface area contributed by atoms with Crippen molar-refractivity contribution in [1.82, 2.24) is 10.8 Å². The van der Waals surface area contributed by atoms with Crippen LogP contribution in [0.1, 0.15) is 53.6 Å². The molecule has 0 bridgehead atoms. The van der Waals surface area contributed by atoms with Crippen molar-refractivity contribution in [3.8, 4) is 0 Å². The zero-order chi connectivity index (χ0) is 15.4. The van der Waals surface area contributed by atoms with E-state index in [0.717, 1.165) is 24.7 Å². The Morgan fingerprint density at radius 1 is 1.23 bits per heavy atom. The molecule has 0 spiro atoms. The monoisotopic (exact) mass is 302 g/mol. The van der Waals surface area contributed by atoms with Gasteiger partial charge in [-0.15, -0.1) is 0 Å². The van der Waals surface area contributed by atoms with Crippen molar-refractivity contribution in [2.24, 2.45) is 11.8 Å². The zero-order valence-electron chi connectivity index (χ0n) is 13.1. The van der Waals surface area contributed by atoms with Gasteiger partial charge in [0.15, 0.2) is 0 Å². The molecule has 1 aliphatic heterocycles. The predicted molar refractivity (Wildman–Crippen MR) is 86.0 cm³/mol. The molecular formula is C18H26N2O2. The highest BCUT2D eigenvalue weighted by Gasteiger charge is 2.21. The van der Waals surface area contributed by atoms with Crippen LogP contribution >= 0.6 is 0 Å². The van der Waals surface area contributed by atoms with Gasteiger partial charge in [0.25, 0.3) is 5.91 Å². The third-order valence-corrected chi connectivity index (χ3v) is 5.28. The van der Waals surface area contributed by atoms with Crippen molar-refractivity contribution >= 4 is 5.91 Å². The highest BCUT2D eigenvalue weighted by atomic mass is 16.5. The van der Waals surface area contributed by atoms with E-state index in [2.05, 4.69) is 11.4 Å². The summed E-state index contributed by atoms with van der Waals surface area (Å²) in [5.41, 5.74) is 4.91. The van der Waals surface area contributed by atoms with Crippen molar-refractivity contribution in [1.29, 1.82) is 0 Å². The molecule has 0 saturated carbocycles. The zero-order valence-corrected chi connectivity index (χ0v) is 13.1. The Kier molecular flexibility index (Phi) is 5.11. The smallest absolute Gasteiger partial charge is 0.274 e. The number of fused-ring (bicyclic) bond motifs is 1. The summed E-state index contributed by atoms with van der Waals surface area (Å²) in [5.74, 6) is 1.23. The molecule has 4 nitrogen and oxygen atoms in total. The molecule has 3 rings (SSSR count). The van der Waals surface area contributed by atoms with Crippen LogP contribution < -0.4 is 10.8 Å². The van der Waals surface area contributed by atoms with Crippen LogP contribution in [0.5, 0.6) is 0 Å². The Morgan fingerprint density at radius 3 is 2.86 bits per heavy atom. The van der Waals surface area contributed by atoms with E-state index in [0.29, 0.717) is 5.56 Å². The molecule has 2 atom stereocenters. The lowest BCUT2D eigenvalue weighted by atomic mass is 9.79. The molecule has 2 unspecified atom stereocenters. The van der Waals surface area contributed by atoms with Crippen molar-refractivity contribution in [2.45, 2.75) is 44.9 Å². The van der Waals surface area contributed by atoms with Gasteiger partial charge in [-0.1, -0.05) is 6.07 Å². The molecule has 4 heteroatoms. The molecule has 1 saturated heterocycles. The molecule has 0 aromatic heterocycles. The second kappa shape index (κ2) is 7.25. The third kappa shape index (κ3) is 3.68. The van der Waals surface area contributed by atoms with Crippen molar-refractivity contribution in [2.75, 3.05) is 13.1 Å². The van der Waals surface area contributed by atoms with Gasteiger partial charge in [0, 0.05) is 5.56 Å². The number of hydrogen-bond donors (Lipinski definition) is 3. The van der Waals surface area contributed by atoms with Gasteiger partial charge < -0.3 is 5.32 Å². The summed E-state index contributed by atoms with van der Waals surface area (Å²) in [7, 11) is 0. The van der Waals surface area contributed by atoms with E-state index < -0.39 is 5.91 Å². The van der Waals surface area contributed by atoms with Gasteiger partial charge >= 0.3 is 0 Å². The largest absolute Gasteiger partial charge is 0.316 e. The van der Waals surface area contributed by atoms with Crippen molar-refractivity contribution < 1.29 is 10.0 Å². The maximum atomic E-state index is 11.5. The first-order valence-electron chi connectivity index (χ1n) is 8.53. The SMILES string of the molecule is O=C(NO)c1ccc2c(c1)CCC(CCC1CCCNC1)C2. The van der Waals surface area contributed by atoms with E-state index in [1.54, 1.807) is 5.48 Å². The normalized spacial score (nSPS) is 24.6. The first-order chi connectivity index (χ1) is 10.8. The van der Waals surface area contributed by atoms with Crippen LogP contribution in [0.2, 0.25) is 0 Å². The van der Waals surface area contributed by atoms with Gasteiger partial charge in [-0.05, 0) is 93.1 Å². The minimum Gasteiger partial charge on any atom is -0.316 e. The summed E-state index contributed by atoms with van der Waals surface area (Å²) in [5, 5.41) is 12.2. The van der Waals surface area contributed by atoms with Crippen LogP contribution in [0.3, 0.4) is 0 Å². The van der Waals surface area contributed by atoms with Crippen molar-refractivity contribution in [3.63, 3.8) is 0 Å². The highest BCUT2D eigenvalue weighted by Crippen LogP contribution is 2.31. The minimum absolute atomic E-state index is 0.422. The minimum atomic E-state index is -0.422. The molecule has 1 aromatic rings. The number of carbonyl (C=O) groups is 1. The summed E-state index contributed by atoms with van der Waals surface area (Å²) in [6, 6.07) is 5.81. The maximum Gasteiger partial charge on any atom is 0.274 e. The van der Waals surface area contributed by atoms with Gasteiger partial charge in [0.1, 0.15) is 0 Å². The number of nitrogens with one attached hydrogen (secondary N) is 2. The number of benzene rings is 1. The molecule has 0 radical (unpaired) electrons. The second-order valence-electron chi connectivity index (χ2n) is 6.82. The van der Waals surface area contributed by atoms with E-state index >= 15 is 0 Å². The molecule has 1 heterocycles. The molecule has 2 aliphatic rings. The average Bonchev–Trinajstić information content (AvgIpc) is 2.59. The first kappa shape index (κ1) is 15.5. The number of carbonyl (C=O) groups excluding carboxylic acids is 1. The number of hydrogen-bond acceptors (Lipinski definition) is 3. The quantitative estimate of drug-likeness (QED) is 0.592. The summed E-state index contributed by atoms with van der Waals surface area (Å²) >= 11 is 0. The summed E-state index contributed by atoms with van der Waals surface area (Å²) in [4.78, 5) is 11.5. The Balaban J connectivity index is 1.56. The Labute approximate surface area is 132 Å². The molecule has 120 valence electrons. The van der Waals surface area contributed by atoms with Gasteiger partial charge in [0.05, 0.1) is 0 Å². The van der Waals surface area contributed by atoms with Gasteiger partial charge in [-0.3, -0.25) is 10.0 Å². The summed E-state index contributed by atoms with van der Waals surface area (Å²) in [6.45, 7) is 2.39. The number of rotatable bonds is 4. The fourth-order valence-electron chi connectivity index (χ4n) is 3.92. The Bertz CT molecular complexity index is 524. The van der Waals surface area contributed by atoms with Gasteiger partial charge in [-0.2, -0.15) is 0 Å². The van der Waals surface area contributed by atoms with Crippen LogP contribution in [0.15, 0.2) is 18.2 Å². The van der Waals surface area contributed by atoms with E-state index in [4.69, 9.17) is 5.21 Å². The Hall–Kier alpha value is -1.39. The number of aryl methyl sites for hydroxylation is 1. The summed E-state index contributed by atoms with van der Waals surface area (Å²) in [6.07, 6.45) is 8.79. The van der Waals surface area contributed by atoms with Crippen LogP contribution in [-0.2, 0) is 12.8 Å². The maximum absolute atomic E-state index is 11.5. The fraction of sp³-hybridized carbons (Fsp3) is 0.611. The molecule has 1 aromatic carbocycles. The van der Waals surface area contributed by atoms with Crippen LogP contribution in [0.4, 0.5) is 0 Å². The van der Waals surface area contributed by atoms with E-state index in [1.165, 1.54) is 56.3 Å². The average molecular weight is 302 g/mol. The lowest BCUT2D eigenvalue weighted by Crippen LogP contribution is -2.30. The molecule has 1 amide bonds. The molecular weight excluding hydrogens is 276 g/mol. The lowest BCUT2D eigenvalue weighted by Gasteiger charge is -2.28. The van der Waals surface area contributed by atoms with Crippen LogP contribution in [-0.4, -0.2) is 24.2 Å². The number of amides is 1. The van der Waals surface area contributed by atoms with Gasteiger partial charge in [0.2, 0.25) is 0 Å². The van der Waals surface area contributed by atoms with E-state index in [1.807, 2.05) is 12.1 Å². The molecule has 1 aliphatic carbocycles. The third-order valence-electron chi connectivity index (χ3n) is 5.28. The van der Waals surface area contributed by atoms with Crippen LogP contribution in [0, 0.1) is 11.8 Å². The fourth-order valence-corrected chi connectivity index (χ4v) is 3.92. The molecule has 3 N–H and O–H groups in total.